The highest BCUT2D eigenvalue weighted by Crippen LogP contribution is 2.20. The van der Waals surface area contributed by atoms with Crippen LogP contribution in [-0.2, 0) is 20.0 Å². The van der Waals surface area contributed by atoms with Gasteiger partial charge in [0, 0.05) is 36.9 Å². The number of piperazine rings is 1. The predicted molar refractivity (Wildman–Crippen MR) is 109 cm³/mol. The monoisotopic (exact) mass is 458 g/mol. The van der Waals surface area contributed by atoms with Crippen molar-refractivity contribution in [2.24, 2.45) is 5.14 Å². The maximum absolute atomic E-state index is 12.7. The van der Waals surface area contributed by atoms with Crippen molar-refractivity contribution < 1.29 is 21.6 Å². The molecule has 1 aliphatic heterocycles. The highest BCUT2D eigenvalue weighted by atomic mass is 35.5. The lowest BCUT2D eigenvalue weighted by Gasteiger charge is -2.34. The summed E-state index contributed by atoms with van der Waals surface area (Å²) in [6.45, 7) is 0.743. The van der Waals surface area contributed by atoms with Gasteiger partial charge in [0.25, 0.3) is 0 Å². The summed E-state index contributed by atoms with van der Waals surface area (Å²) in [5.74, 6) is 0. The van der Waals surface area contributed by atoms with Gasteiger partial charge in [-0.15, -0.1) is 0 Å². The zero-order valence-corrected chi connectivity index (χ0v) is 17.5. The first-order chi connectivity index (χ1) is 13.6. The molecule has 0 aromatic heterocycles. The average Bonchev–Trinajstić information content (AvgIpc) is 2.68. The molecule has 1 heterocycles. The fourth-order valence-electron chi connectivity index (χ4n) is 2.82. The van der Waals surface area contributed by atoms with Crippen molar-refractivity contribution in [3.63, 3.8) is 0 Å². The van der Waals surface area contributed by atoms with Gasteiger partial charge < -0.3 is 10.2 Å². The van der Waals surface area contributed by atoms with Crippen LogP contribution in [0.2, 0.25) is 5.02 Å². The van der Waals surface area contributed by atoms with E-state index in [1.165, 1.54) is 57.7 Å². The van der Waals surface area contributed by atoms with Crippen LogP contribution < -0.4 is 10.5 Å². The zero-order chi connectivity index (χ0) is 21.2. The Kier molecular flexibility index (Phi) is 6.15. The summed E-state index contributed by atoms with van der Waals surface area (Å²) in [6, 6.07) is 11.0. The number of primary sulfonamides is 1. The molecule has 0 unspecified atom stereocenters. The Morgan fingerprint density at radius 3 is 1.90 bits per heavy atom. The number of benzene rings is 2. The second-order valence-corrected chi connectivity index (χ2v) is 10.3. The van der Waals surface area contributed by atoms with Gasteiger partial charge in [-0.2, -0.15) is 4.31 Å². The number of carbonyl (C=O) groups is 1. The minimum absolute atomic E-state index is 0.0588. The molecule has 2 aromatic rings. The van der Waals surface area contributed by atoms with Crippen LogP contribution in [0.4, 0.5) is 10.5 Å². The zero-order valence-electron chi connectivity index (χ0n) is 15.2. The molecule has 0 aliphatic carbocycles. The van der Waals surface area contributed by atoms with Crippen molar-refractivity contribution in [3.8, 4) is 0 Å². The number of sulfonamides is 2. The lowest BCUT2D eigenvalue weighted by atomic mass is 10.3. The summed E-state index contributed by atoms with van der Waals surface area (Å²) in [7, 11) is -7.46. The van der Waals surface area contributed by atoms with E-state index in [0.29, 0.717) is 10.7 Å². The molecule has 0 radical (unpaired) electrons. The fourth-order valence-corrected chi connectivity index (χ4v) is 4.88. The van der Waals surface area contributed by atoms with E-state index in [1.807, 2.05) is 0 Å². The molecule has 0 saturated carbocycles. The SMILES string of the molecule is NS(=O)(=O)c1ccc(NC(=O)N2CCN(S(=O)(=O)c3ccc(Cl)cc3)CC2)cc1. The van der Waals surface area contributed by atoms with Gasteiger partial charge in [-0.05, 0) is 48.5 Å². The summed E-state index contributed by atoms with van der Waals surface area (Å²) < 4.78 is 49.2. The minimum atomic E-state index is -3.81. The maximum Gasteiger partial charge on any atom is 0.321 e. The van der Waals surface area contributed by atoms with Crippen LogP contribution in [0.15, 0.2) is 58.3 Å². The molecule has 1 fully saturated rings. The number of anilines is 1. The quantitative estimate of drug-likeness (QED) is 0.717. The summed E-state index contributed by atoms with van der Waals surface area (Å²) in [6.07, 6.45) is 0. The molecule has 0 atom stereocenters. The summed E-state index contributed by atoms with van der Waals surface area (Å²) in [4.78, 5) is 14.0. The van der Waals surface area contributed by atoms with Crippen LogP contribution in [0.5, 0.6) is 0 Å². The van der Waals surface area contributed by atoms with E-state index in [1.54, 1.807) is 0 Å². The first-order valence-electron chi connectivity index (χ1n) is 8.52. The number of hydrogen-bond donors (Lipinski definition) is 2. The Labute approximate surface area is 174 Å². The summed E-state index contributed by atoms with van der Waals surface area (Å²) in [5.41, 5.74) is 0.401. The second kappa shape index (κ2) is 8.28. The Morgan fingerprint density at radius 1 is 0.862 bits per heavy atom. The van der Waals surface area contributed by atoms with E-state index in [-0.39, 0.29) is 36.0 Å². The standard InChI is InChI=1S/C17H19ClN4O5S2/c18-13-1-5-16(6-2-13)29(26,27)22-11-9-21(10-12-22)17(23)20-14-3-7-15(8-4-14)28(19,24)25/h1-8H,9-12H2,(H,20,23)(H2,19,24,25). The third-order valence-corrected chi connectivity index (χ3v) is 7.51. The first-order valence-corrected chi connectivity index (χ1v) is 11.9. The molecule has 29 heavy (non-hydrogen) atoms. The third kappa shape index (κ3) is 5.06. The molecule has 156 valence electrons. The number of amides is 2. The van der Waals surface area contributed by atoms with Gasteiger partial charge in [0.1, 0.15) is 0 Å². The molecule has 2 amide bonds. The van der Waals surface area contributed by atoms with Crippen LogP contribution >= 0.6 is 11.6 Å². The normalized spacial score (nSPS) is 15.9. The van der Waals surface area contributed by atoms with Crippen molar-refractivity contribution in [2.75, 3.05) is 31.5 Å². The van der Waals surface area contributed by atoms with Crippen molar-refractivity contribution >= 4 is 43.4 Å². The Bertz CT molecular complexity index is 1100. The Balaban J connectivity index is 1.60. The predicted octanol–water partition coefficient (Wildman–Crippen LogP) is 1.53. The number of halogens is 1. The van der Waals surface area contributed by atoms with Crippen molar-refractivity contribution in [1.82, 2.24) is 9.21 Å². The minimum Gasteiger partial charge on any atom is -0.322 e. The van der Waals surface area contributed by atoms with E-state index >= 15 is 0 Å². The molecule has 1 aliphatic rings. The van der Waals surface area contributed by atoms with Gasteiger partial charge in [0.05, 0.1) is 9.79 Å². The number of hydrogen-bond acceptors (Lipinski definition) is 5. The summed E-state index contributed by atoms with van der Waals surface area (Å²) >= 11 is 5.80. The second-order valence-electron chi connectivity index (χ2n) is 6.34. The molecule has 9 nitrogen and oxygen atoms in total. The van der Waals surface area contributed by atoms with Crippen LogP contribution in [0.1, 0.15) is 0 Å². The molecule has 3 N–H and O–H groups in total. The van der Waals surface area contributed by atoms with Gasteiger partial charge in [-0.3, -0.25) is 0 Å². The molecule has 0 bridgehead atoms. The van der Waals surface area contributed by atoms with Crippen molar-refractivity contribution in [1.29, 1.82) is 0 Å². The van der Waals surface area contributed by atoms with Gasteiger partial charge >= 0.3 is 6.03 Å². The molecule has 3 rings (SSSR count). The van der Waals surface area contributed by atoms with Crippen LogP contribution in [-0.4, -0.2) is 58.3 Å². The lowest BCUT2D eigenvalue weighted by molar-refractivity contribution is 0.184. The number of nitrogens with two attached hydrogens (primary N) is 1. The molecule has 1 saturated heterocycles. The van der Waals surface area contributed by atoms with Crippen LogP contribution in [0.25, 0.3) is 0 Å². The maximum atomic E-state index is 12.7. The van der Waals surface area contributed by atoms with E-state index in [4.69, 9.17) is 16.7 Å². The summed E-state index contributed by atoms with van der Waals surface area (Å²) in [5, 5.41) is 8.14. The fraction of sp³-hybridized carbons (Fsp3) is 0.235. The number of nitrogens with one attached hydrogen (secondary N) is 1. The van der Waals surface area contributed by atoms with Gasteiger partial charge in [-0.25, -0.2) is 26.8 Å². The van der Waals surface area contributed by atoms with Gasteiger partial charge in [-0.1, -0.05) is 11.6 Å². The molecule has 12 heteroatoms. The number of carbonyl (C=O) groups excluding carboxylic acids is 1. The Hall–Kier alpha value is -2.18. The molecular formula is C17H19ClN4O5S2. The van der Waals surface area contributed by atoms with Crippen molar-refractivity contribution in [2.45, 2.75) is 9.79 Å². The highest BCUT2D eigenvalue weighted by molar-refractivity contribution is 7.89. The van der Waals surface area contributed by atoms with E-state index < -0.39 is 26.1 Å². The van der Waals surface area contributed by atoms with Crippen LogP contribution in [0, 0.1) is 0 Å². The Morgan fingerprint density at radius 2 is 1.38 bits per heavy atom. The van der Waals surface area contributed by atoms with E-state index in [2.05, 4.69) is 5.32 Å². The number of nitrogens with zero attached hydrogens (tertiary/aromatic N) is 2. The highest BCUT2D eigenvalue weighted by Gasteiger charge is 2.30. The molecule has 2 aromatic carbocycles. The lowest BCUT2D eigenvalue weighted by Crippen LogP contribution is -2.51. The average molecular weight is 459 g/mol. The smallest absolute Gasteiger partial charge is 0.321 e. The topological polar surface area (TPSA) is 130 Å². The third-order valence-electron chi connectivity index (χ3n) is 4.41. The van der Waals surface area contributed by atoms with Crippen LogP contribution in [0.3, 0.4) is 0 Å². The van der Waals surface area contributed by atoms with E-state index in [0.717, 1.165) is 0 Å². The van der Waals surface area contributed by atoms with Gasteiger partial charge in [0.2, 0.25) is 20.0 Å². The number of rotatable bonds is 4. The molecular weight excluding hydrogens is 440 g/mol. The van der Waals surface area contributed by atoms with E-state index in [9.17, 15) is 21.6 Å². The first kappa shape index (κ1) is 21.5. The number of urea groups is 1. The molecule has 0 spiro atoms. The van der Waals surface area contributed by atoms with Gasteiger partial charge in [0.15, 0.2) is 0 Å². The van der Waals surface area contributed by atoms with Crippen molar-refractivity contribution in [3.05, 3.63) is 53.6 Å². The largest absolute Gasteiger partial charge is 0.322 e.